The number of nitrogens with one attached hydrogen (secondary N) is 2. The Hall–Kier alpha value is -4.90. The molecule has 6 aromatic rings. The zero-order chi connectivity index (χ0) is 25.0. The minimum Gasteiger partial charge on any atom is -0.361 e. The Morgan fingerprint density at radius 2 is 1.43 bits per heavy atom. The molecule has 0 fully saturated rings. The molecule has 2 N–H and O–H groups in total. The molecule has 0 radical (unpaired) electrons. The molecule has 5 nitrogen and oxygen atoms in total. The first-order valence-corrected chi connectivity index (χ1v) is 12.4. The third kappa shape index (κ3) is 4.43. The van der Waals surface area contributed by atoms with Gasteiger partial charge in [-0.25, -0.2) is 5.43 Å². The number of carbonyl (C=O) groups is 1. The van der Waals surface area contributed by atoms with E-state index in [1.54, 1.807) is 6.21 Å². The highest BCUT2D eigenvalue weighted by Crippen LogP contribution is 2.40. The molecule has 180 valence electrons. The molecule has 2 heterocycles. The molecule has 0 aliphatic rings. The summed E-state index contributed by atoms with van der Waals surface area (Å²) < 4.78 is 2.26. The third-order valence-corrected chi connectivity index (χ3v) is 6.66. The molecule has 6 rings (SSSR count). The maximum absolute atomic E-state index is 12.8. The van der Waals surface area contributed by atoms with Crippen molar-refractivity contribution in [1.29, 1.82) is 0 Å². The van der Waals surface area contributed by atoms with Gasteiger partial charge >= 0.3 is 0 Å². The van der Waals surface area contributed by atoms with Crippen LogP contribution < -0.4 is 5.43 Å². The van der Waals surface area contributed by atoms with Crippen molar-refractivity contribution < 1.29 is 4.79 Å². The summed E-state index contributed by atoms with van der Waals surface area (Å²) in [4.78, 5) is 16.0. The number of fused-ring (bicyclic) bond motifs is 2. The number of amides is 1. The predicted molar refractivity (Wildman–Crippen MR) is 151 cm³/mol. The van der Waals surface area contributed by atoms with Crippen LogP contribution in [0.3, 0.4) is 0 Å². The fourth-order valence-electron chi connectivity index (χ4n) is 4.97. The number of para-hydroxylation sites is 2. The minimum absolute atomic E-state index is 0.130. The van der Waals surface area contributed by atoms with Crippen molar-refractivity contribution in [3.63, 3.8) is 0 Å². The summed E-state index contributed by atoms with van der Waals surface area (Å²) >= 11 is 0. The molecule has 0 unspecified atom stereocenters. The van der Waals surface area contributed by atoms with Gasteiger partial charge < -0.3 is 9.55 Å². The molecular formula is C32H26N4O. The van der Waals surface area contributed by atoms with Crippen LogP contribution in [0.1, 0.15) is 12.0 Å². The lowest BCUT2D eigenvalue weighted by atomic mass is 9.98. The Kier molecular flexibility index (Phi) is 6.09. The highest BCUT2D eigenvalue weighted by atomic mass is 16.2. The van der Waals surface area contributed by atoms with Gasteiger partial charge in [-0.3, -0.25) is 4.79 Å². The maximum atomic E-state index is 12.8. The fourth-order valence-corrected chi connectivity index (χ4v) is 4.97. The van der Waals surface area contributed by atoms with Gasteiger partial charge in [-0.2, -0.15) is 5.10 Å². The van der Waals surface area contributed by atoms with Gasteiger partial charge in [-0.15, -0.1) is 0 Å². The van der Waals surface area contributed by atoms with E-state index in [4.69, 9.17) is 0 Å². The van der Waals surface area contributed by atoms with Crippen molar-refractivity contribution in [1.82, 2.24) is 15.0 Å². The van der Waals surface area contributed by atoms with Gasteiger partial charge in [-0.1, -0.05) is 97.1 Å². The highest BCUT2D eigenvalue weighted by molar-refractivity contribution is 6.04. The van der Waals surface area contributed by atoms with Crippen LogP contribution in [0.25, 0.3) is 44.2 Å². The van der Waals surface area contributed by atoms with Crippen molar-refractivity contribution in [3.8, 4) is 22.4 Å². The number of rotatable bonds is 7. The lowest BCUT2D eigenvalue weighted by Gasteiger charge is -2.13. The van der Waals surface area contributed by atoms with Gasteiger partial charge in [-0.05, 0) is 23.3 Å². The molecule has 0 saturated heterocycles. The molecule has 4 aromatic carbocycles. The van der Waals surface area contributed by atoms with E-state index >= 15 is 0 Å². The van der Waals surface area contributed by atoms with E-state index in [-0.39, 0.29) is 5.91 Å². The molecule has 0 atom stereocenters. The molecule has 0 aliphatic heterocycles. The van der Waals surface area contributed by atoms with Gasteiger partial charge in [0.15, 0.2) is 0 Å². The molecule has 5 heteroatoms. The van der Waals surface area contributed by atoms with E-state index in [0.29, 0.717) is 13.0 Å². The quantitative estimate of drug-likeness (QED) is 0.187. The number of hydrogen-bond acceptors (Lipinski definition) is 2. The monoisotopic (exact) mass is 482 g/mol. The van der Waals surface area contributed by atoms with Gasteiger partial charge in [0, 0.05) is 52.1 Å². The second-order valence-electron chi connectivity index (χ2n) is 8.96. The summed E-state index contributed by atoms with van der Waals surface area (Å²) in [5.41, 5.74) is 10.4. The zero-order valence-electron chi connectivity index (χ0n) is 20.3. The van der Waals surface area contributed by atoms with E-state index in [1.165, 1.54) is 10.9 Å². The van der Waals surface area contributed by atoms with Crippen molar-refractivity contribution in [2.45, 2.75) is 13.0 Å². The average molecular weight is 483 g/mol. The molecular weight excluding hydrogens is 456 g/mol. The first kappa shape index (κ1) is 22.6. The fraction of sp³-hybridized carbons (Fsp3) is 0.0625. The van der Waals surface area contributed by atoms with Gasteiger partial charge in [0.2, 0.25) is 5.91 Å². The number of aromatic nitrogens is 2. The van der Waals surface area contributed by atoms with E-state index in [0.717, 1.165) is 38.8 Å². The topological polar surface area (TPSA) is 62.2 Å². The normalized spacial score (nSPS) is 11.5. The SMILES string of the molecule is O=C(CCn1c(-c2ccccc2)c(-c2ccccc2)c2ccccc21)N/N=C/c1c[nH]c2ccccc12. The first-order chi connectivity index (χ1) is 18.3. The molecule has 0 spiro atoms. The number of nitrogens with zero attached hydrogens (tertiary/aromatic N) is 2. The Morgan fingerprint density at radius 3 is 2.22 bits per heavy atom. The molecule has 2 aromatic heterocycles. The van der Waals surface area contributed by atoms with E-state index in [1.807, 2.05) is 48.7 Å². The van der Waals surface area contributed by atoms with Crippen LogP contribution in [-0.4, -0.2) is 21.7 Å². The van der Waals surface area contributed by atoms with E-state index in [9.17, 15) is 4.79 Å². The number of benzene rings is 4. The Morgan fingerprint density at radius 1 is 0.784 bits per heavy atom. The summed E-state index contributed by atoms with van der Waals surface area (Å²) in [7, 11) is 0. The summed E-state index contributed by atoms with van der Waals surface area (Å²) in [6.45, 7) is 0.534. The predicted octanol–water partition coefficient (Wildman–Crippen LogP) is 7.00. The summed E-state index contributed by atoms with van der Waals surface area (Å²) in [6.07, 6.45) is 3.88. The van der Waals surface area contributed by atoms with Crippen molar-refractivity contribution >= 4 is 33.9 Å². The van der Waals surface area contributed by atoms with Crippen molar-refractivity contribution in [3.05, 3.63) is 121 Å². The highest BCUT2D eigenvalue weighted by Gasteiger charge is 2.20. The van der Waals surface area contributed by atoms with Crippen LogP contribution in [0.5, 0.6) is 0 Å². The lowest BCUT2D eigenvalue weighted by molar-refractivity contribution is -0.121. The van der Waals surface area contributed by atoms with E-state index in [2.05, 4.69) is 86.8 Å². The van der Waals surface area contributed by atoms with E-state index < -0.39 is 0 Å². The summed E-state index contributed by atoms with van der Waals surface area (Å²) in [5.74, 6) is -0.130. The average Bonchev–Trinajstić information content (AvgIpc) is 3.52. The van der Waals surface area contributed by atoms with Crippen LogP contribution in [-0.2, 0) is 11.3 Å². The van der Waals surface area contributed by atoms with Crippen molar-refractivity contribution in [2.24, 2.45) is 5.10 Å². The minimum atomic E-state index is -0.130. The number of H-pyrrole nitrogens is 1. The molecule has 0 bridgehead atoms. The van der Waals surface area contributed by atoms with Crippen LogP contribution in [0.4, 0.5) is 0 Å². The van der Waals surface area contributed by atoms with Gasteiger partial charge in [0.1, 0.15) is 0 Å². The summed E-state index contributed by atoms with van der Waals surface area (Å²) in [5, 5.41) is 6.46. The number of aryl methyl sites for hydroxylation is 1. The zero-order valence-corrected chi connectivity index (χ0v) is 20.3. The van der Waals surface area contributed by atoms with Gasteiger partial charge in [0.05, 0.1) is 11.9 Å². The molecule has 0 saturated carbocycles. The van der Waals surface area contributed by atoms with Crippen LogP contribution >= 0.6 is 0 Å². The molecule has 0 aliphatic carbocycles. The van der Waals surface area contributed by atoms with Crippen LogP contribution in [0, 0.1) is 0 Å². The standard InChI is InChI=1S/C32H26N4O/c37-30(35-34-22-25-21-33-28-17-9-7-15-26(25)28)19-20-36-29-18-10-8-16-27(29)31(23-11-3-1-4-12-23)32(36)24-13-5-2-6-14-24/h1-18,21-22,33H,19-20H2,(H,35,37)/b34-22+. The maximum Gasteiger partial charge on any atom is 0.241 e. The smallest absolute Gasteiger partial charge is 0.241 e. The van der Waals surface area contributed by atoms with Gasteiger partial charge in [0.25, 0.3) is 0 Å². The lowest BCUT2D eigenvalue weighted by Crippen LogP contribution is -2.19. The number of hydrazone groups is 1. The largest absolute Gasteiger partial charge is 0.361 e. The molecule has 37 heavy (non-hydrogen) atoms. The Labute approximate surface area is 215 Å². The van der Waals surface area contributed by atoms with Crippen LogP contribution in [0.2, 0.25) is 0 Å². The molecule has 1 amide bonds. The second-order valence-corrected chi connectivity index (χ2v) is 8.96. The summed E-state index contributed by atoms with van der Waals surface area (Å²) in [6, 6.07) is 37.3. The third-order valence-electron chi connectivity index (χ3n) is 6.66. The van der Waals surface area contributed by atoms with Crippen molar-refractivity contribution in [2.75, 3.05) is 0 Å². The number of carbonyl (C=O) groups excluding carboxylic acids is 1. The Balaban J connectivity index is 1.30. The first-order valence-electron chi connectivity index (χ1n) is 12.4. The number of hydrogen-bond donors (Lipinski definition) is 2. The number of aromatic amines is 1. The Bertz CT molecular complexity index is 1710. The van der Waals surface area contributed by atoms with Crippen LogP contribution in [0.15, 0.2) is 120 Å². The second kappa shape index (κ2) is 9.99.